The molecule has 18 heteroatoms. The number of ether oxygens (including phenoxy) is 1. The highest BCUT2D eigenvalue weighted by molar-refractivity contribution is 6.12. The minimum absolute atomic E-state index is 0.0186. The Morgan fingerprint density at radius 2 is 1.66 bits per heavy atom. The molecule has 2 aliphatic rings. The van der Waals surface area contributed by atoms with E-state index in [1.54, 1.807) is 44.2 Å². The Morgan fingerprint density at radius 3 is 2.25 bits per heavy atom. The molecule has 18 nitrogen and oxygen atoms in total. The number of hydrogen-bond acceptors (Lipinski definition) is 11. The molecule has 4 atom stereocenters. The van der Waals surface area contributed by atoms with E-state index in [0.717, 1.165) is 17.1 Å². The van der Waals surface area contributed by atoms with Crippen LogP contribution in [-0.4, -0.2) is 87.4 Å². The van der Waals surface area contributed by atoms with E-state index in [9.17, 15) is 48.8 Å². The van der Waals surface area contributed by atoms with Gasteiger partial charge in [-0.05, 0) is 55.2 Å². The molecule has 0 bridgehead atoms. The van der Waals surface area contributed by atoms with Crippen molar-refractivity contribution in [2.45, 2.75) is 76.5 Å². The highest BCUT2D eigenvalue weighted by Gasteiger charge is 2.55. The zero-order valence-electron chi connectivity index (χ0n) is 29.4. The largest absolute Gasteiger partial charge is 0.511 e. The third kappa shape index (κ3) is 11.5. The summed E-state index contributed by atoms with van der Waals surface area (Å²) in [5.74, 6) is -5.64. The number of carboxylic acid groups (broad SMARTS) is 1. The number of nitrogens with two attached hydrogens (primary N) is 2. The molecule has 53 heavy (non-hydrogen) atoms. The summed E-state index contributed by atoms with van der Waals surface area (Å²) in [6.07, 6.45) is 3.65. The van der Waals surface area contributed by atoms with Crippen molar-refractivity contribution in [3.63, 3.8) is 0 Å². The molecule has 8 N–H and O–H groups in total. The summed E-state index contributed by atoms with van der Waals surface area (Å²) in [6.45, 7) is 3.51. The number of Topliss-reactive ketones (excluding diaryl/α,β-unsaturated/α-hetero) is 1. The second kappa shape index (κ2) is 19.1. The van der Waals surface area contributed by atoms with Gasteiger partial charge in [0.1, 0.15) is 17.7 Å². The first-order valence-corrected chi connectivity index (χ1v) is 17.1. The number of nitrogens with zero attached hydrogens (tertiary/aromatic N) is 2. The van der Waals surface area contributed by atoms with E-state index in [0.29, 0.717) is 24.8 Å². The van der Waals surface area contributed by atoms with Crippen LogP contribution in [-0.2, 0) is 35.1 Å². The van der Waals surface area contributed by atoms with Crippen LogP contribution in [0.25, 0.3) is 0 Å². The summed E-state index contributed by atoms with van der Waals surface area (Å²) in [5.41, 5.74) is 9.34. The molecule has 2 unspecified atom stereocenters. The lowest BCUT2D eigenvalue weighted by Crippen LogP contribution is -2.61. The molecule has 3 rings (SSSR count). The van der Waals surface area contributed by atoms with Crippen LogP contribution in [0.3, 0.4) is 0 Å². The highest BCUT2D eigenvalue weighted by Crippen LogP contribution is 2.37. The first-order chi connectivity index (χ1) is 25.0. The number of carbonyl (C=O) groups is 7. The second-order valence-corrected chi connectivity index (χ2v) is 13.0. The van der Waals surface area contributed by atoms with Crippen molar-refractivity contribution in [3.8, 4) is 0 Å². The number of amides is 6. The molecule has 0 saturated carbocycles. The van der Waals surface area contributed by atoms with E-state index < -0.39 is 76.1 Å². The number of rotatable bonds is 20. The quantitative estimate of drug-likeness (QED) is 0.0277. The third-order valence-corrected chi connectivity index (χ3v) is 8.74. The first-order valence-electron chi connectivity index (χ1n) is 17.1. The normalized spacial score (nSPS) is 19.2. The van der Waals surface area contributed by atoms with Gasteiger partial charge < -0.3 is 31.5 Å². The van der Waals surface area contributed by atoms with Gasteiger partial charge in [-0.1, -0.05) is 50.6 Å². The standard InChI is InChI=1S/C35H45N7O11/c1-21(2)30(40-26(43)13-7-4-8-19-41-27(44)14-15-28(41)45)32(47)39-24(12-9-18-38-33(36)48)31(46)29-23(20-22-10-5-3-6-11-22)25(53-34(49)50)16-17-35(29,37)42(51)52/h3,5-6,10-11,14-17,21,24,29-30H,4,7-9,12-13,18-20,37H2,1-2H3,(H,39,47)(H,40,43)(H,49,50)(H3,36,38,48)/t24-,29?,30-,35?/m0/s1. The number of carbonyl (C=O) groups excluding carboxylic acids is 6. The van der Waals surface area contributed by atoms with E-state index in [4.69, 9.17) is 16.2 Å². The number of ketones is 1. The number of benzene rings is 1. The van der Waals surface area contributed by atoms with E-state index in [2.05, 4.69) is 16.0 Å². The lowest BCUT2D eigenvalue weighted by molar-refractivity contribution is -0.560. The van der Waals surface area contributed by atoms with Crippen LogP contribution < -0.4 is 27.4 Å². The van der Waals surface area contributed by atoms with Crippen LogP contribution in [0, 0.1) is 22.0 Å². The molecule has 1 aromatic rings. The molecular weight excluding hydrogens is 694 g/mol. The fraction of sp³-hybridized carbons (Fsp3) is 0.457. The van der Waals surface area contributed by atoms with Crippen molar-refractivity contribution < 1.29 is 48.3 Å². The summed E-state index contributed by atoms with van der Waals surface area (Å²) in [7, 11) is 0. The molecule has 0 aromatic heterocycles. The second-order valence-electron chi connectivity index (χ2n) is 13.0. The van der Waals surface area contributed by atoms with Crippen molar-refractivity contribution in [1.29, 1.82) is 0 Å². The molecule has 286 valence electrons. The molecule has 1 aliphatic heterocycles. The summed E-state index contributed by atoms with van der Waals surface area (Å²) in [4.78, 5) is 100. The smallest absolute Gasteiger partial charge is 0.449 e. The predicted molar refractivity (Wildman–Crippen MR) is 188 cm³/mol. The van der Waals surface area contributed by atoms with Crippen LogP contribution in [0.2, 0.25) is 0 Å². The number of nitrogens with one attached hydrogen (secondary N) is 3. The lowest BCUT2D eigenvalue weighted by atomic mass is 9.74. The number of urea groups is 1. The lowest BCUT2D eigenvalue weighted by Gasteiger charge is -2.34. The third-order valence-electron chi connectivity index (χ3n) is 8.74. The summed E-state index contributed by atoms with van der Waals surface area (Å²) in [5, 5.41) is 29.6. The summed E-state index contributed by atoms with van der Waals surface area (Å²) in [6, 6.07) is 4.93. The number of allylic oxidation sites excluding steroid dienone is 1. The zero-order valence-corrected chi connectivity index (χ0v) is 29.4. The Labute approximate surface area is 305 Å². The van der Waals surface area contributed by atoms with Crippen LogP contribution in [0.1, 0.15) is 57.9 Å². The van der Waals surface area contributed by atoms with Crippen molar-refractivity contribution in [2.24, 2.45) is 23.3 Å². The fourth-order valence-electron chi connectivity index (χ4n) is 6.03. The van der Waals surface area contributed by atoms with Gasteiger partial charge in [0.05, 0.1) is 6.04 Å². The molecule has 1 aromatic carbocycles. The Morgan fingerprint density at radius 1 is 1.00 bits per heavy atom. The maximum Gasteiger partial charge on any atom is 0.511 e. The molecular formula is C35H45N7O11. The molecule has 1 aliphatic carbocycles. The molecule has 6 amide bonds. The summed E-state index contributed by atoms with van der Waals surface area (Å²) >= 11 is 0. The first kappa shape index (κ1) is 41.5. The SMILES string of the molecule is CC(C)[C@H](NC(=O)CCCCCN1C(=O)C=CC1=O)C(=O)N[C@@H](CCCNC(N)=O)C(=O)C1C(Cc2ccccc2)=C(OC(=O)O)C=CC1(N)[N+](=O)[O-]. The molecule has 0 radical (unpaired) electrons. The van der Waals surface area contributed by atoms with Gasteiger partial charge in [-0.25, -0.2) is 9.59 Å². The van der Waals surface area contributed by atoms with Crippen molar-refractivity contribution in [2.75, 3.05) is 13.1 Å². The van der Waals surface area contributed by atoms with Gasteiger partial charge in [0.25, 0.3) is 11.8 Å². The average Bonchev–Trinajstić information content (AvgIpc) is 3.41. The molecule has 0 fully saturated rings. The van der Waals surface area contributed by atoms with Gasteiger partial charge in [-0.15, -0.1) is 0 Å². The Bertz CT molecular complexity index is 1660. The van der Waals surface area contributed by atoms with Crippen LogP contribution >= 0.6 is 0 Å². The van der Waals surface area contributed by atoms with E-state index >= 15 is 0 Å². The minimum Gasteiger partial charge on any atom is -0.449 e. The maximum absolute atomic E-state index is 14.5. The number of imide groups is 1. The Balaban J connectivity index is 1.85. The maximum atomic E-state index is 14.5. The van der Waals surface area contributed by atoms with E-state index in [-0.39, 0.29) is 50.1 Å². The van der Waals surface area contributed by atoms with Crippen LogP contribution in [0.5, 0.6) is 0 Å². The van der Waals surface area contributed by atoms with Gasteiger partial charge in [0.15, 0.2) is 5.78 Å². The number of primary amides is 1. The molecule has 1 heterocycles. The van der Waals surface area contributed by atoms with Gasteiger partial charge in [-0.2, -0.15) is 0 Å². The predicted octanol–water partition coefficient (Wildman–Crippen LogP) is 1.42. The number of hydrogen-bond donors (Lipinski definition) is 6. The monoisotopic (exact) mass is 739 g/mol. The fourth-order valence-corrected chi connectivity index (χ4v) is 6.03. The van der Waals surface area contributed by atoms with Crippen LogP contribution in [0.15, 0.2) is 66.0 Å². The zero-order chi connectivity index (χ0) is 39.3. The average molecular weight is 740 g/mol. The van der Waals surface area contributed by atoms with Gasteiger partial charge in [-0.3, -0.25) is 44.7 Å². The Hall–Kier alpha value is -5.91. The Kier molecular flexibility index (Phi) is 14.9. The van der Waals surface area contributed by atoms with Gasteiger partial charge in [0, 0.05) is 42.7 Å². The molecule has 0 saturated heterocycles. The molecule has 0 spiro atoms. The van der Waals surface area contributed by atoms with Gasteiger partial charge in [0.2, 0.25) is 11.8 Å². The number of nitro groups is 1. The minimum atomic E-state index is -2.58. The number of unbranched alkanes of at least 4 members (excludes halogenated alkanes) is 2. The topological polar surface area (TPSA) is 283 Å². The highest BCUT2D eigenvalue weighted by atomic mass is 16.7. The van der Waals surface area contributed by atoms with Crippen molar-refractivity contribution in [1.82, 2.24) is 20.9 Å². The van der Waals surface area contributed by atoms with E-state index in [1.165, 1.54) is 12.2 Å². The van der Waals surface area contributed by atoms with Crippen molar-refractivity contribution >= 4 is 41.6 Å². The van der Waals surface area contributed by atoms with Crippen LogP contribution in [0.4, 0.5) is 9.59 Å². The van der Waals surface area contributed by atoms with E-state index in [1.807, 2.05) is 0 Å². The summed E-state index contributed by atoms with van der Waals surface area (Å²) < 4.78 is 4.96. The van der Waals surface area contributed by atoms with Crippen molar-refractivity contribution in [3.05, 3.63) is 81.6 Å². The van der Waals surface area contributed by atoms with Gasteiger partial charge >= 0.3 is 17.8 Å².